The van der Waals surface area contributed by atoms with Crippen molar-refractivity contribution in [2.24, 2.45) is 0 Å². The van der Waals surface area contributed by atoms with Crippen molar-refractivity contribution >= 4 is 22.3 Å². The van der Waals surface area contributed by atoms with E-state index >= 15 is 0 Å². The van der Waals surface area contributed by atoms with Crippen molar-refractivity contribution < 1.29 is 13.7 Å². The molecule has 0 radical (unpaired) electrons. The number of nitrogen functional groups attached to an aromatic ring is 1. The highest BCUT2D eigenvalue weighted by molar-refractivity contribution is 5.97. The molecule has 0 saturated carbocycles. The lowest BCUT2D eigenvalue weighted by Gasteiger charge is -2.04. The standard InChI is InChI=1S/C18H14FN5O3/c19-12-3-1-11(2-4-12)18-14(5-6-23-10-21-9-22-23)17-15(24(25)26)7-13(20)8-16(17)27-18/h1-4,7-10H,5-6,20H2. The van der Waals surface area contributed by atoms with Crippen LogP contribution >= 0.6 is 0 Å². The van der Waals surface area contributed by atoms with Crippen LogP contribution in [0.4, 0.5) is 15.8 Å². The van der Waals surface area contributed by atoms with Crippen LogP contribution in [0, 0.1) is 15.9 Å². The van der Waals surface area contributed by atoms with Gasteiger partial charge in [0.15, 0.2) is 0 Å². The average Bonchev–Trinajstić information content (AvgIpc) is 3.27. The van der Waals surface area contributed by atoms with E-state index < -0.39 is 4.92 Å². The van der Waals surface area contributed by atoms with Crippen molar-refractivity contribution in [2.75, 3.05) is 5.73 Å². The van der Waals surface area contributed by atoms with Crippen LogP contribution in [0.25, 0.3) is 22.3 Å². The molecule has 0 unspecified atom stereocenters. The number of nitro groups is 1. The van der Waals surface area contributed by atoms with Gasteiger partial charge < -0.3 is 10.2 Å². The Kier molecular flexibility index (Phi) is 4.03. The van der Waals surface area contributed by atoms with Gasteiger partial charge in [-0.2, -0.15) is 5.10 Å². The number of benzene rings is 2. The summed E-state index contributed by atoms with van der Waals surface area (Å²) >= 11 is 0. The van der Waals surface area contributed by atoms with Crippen molar-refractivity contribution in [1.29, 1.82) is 0 Å². The van der Waals surface area contributed by atoms with Crippen molar-refractivity contribution in [2.45, 2.75) is 13.0 Å². The number of halogens is 1. The number of aromatic nitrogens is 3. The number of rotatable bonds is 5. The number of nitrogens with zero attached hydrogens (tertiary/aromatic N) is 4. The number of anilines is 1. The Morgan fingerprint density at radius 3 is 2.70 bits per heavy atom. The van der Waals surface area contributed by atoms with E-state index in [-0.39, 0.29) is 17.2 Å². The Morgan fingerprint density at radius 1 is 1.26 bits per heavy atom. The third-order valence-corrected chi connectivity index (χ3v) is 4.25. The lowest BCUT2D eigenvalue weighted by atomic mass is 10.0. The van der Waals surface area contributed by atoms with E-state index in [0.29, 0.717) is 40.8 Å². The number of fused-ring (bicyclic) bond motifs is 1. The minimum atomic E-state index is -0.485. The van der Waals surface area contributed by atoms with E-state index in [1.165, 1.54) is 24.5 Å². The summed E-state index contributed by atoms with van der Waals surface area (Å²) in [6.45, 7) is 0.449. The van der Waals surface area contributed by atoms with Crippen molar-refractivity contribution in [3.8, 4) is 11.3 Å². The minimum absolute atomic E-state index is 0.129. The molecular formula is C18H14FN5O3. The van der Waals surface area contributed by atoms with E-state index in [9.17, 15) is 14.5 Å². The van der Waals surface area contributed by atoms with Crippen molar-refractivity contribution in [1.82, 2.24) is 14.8 Å². The quantitative estimate of drug-likeness (QED) is 0.328. The van der Waals surface area contributed by atoms with E-state index in [4.69, 9.17) is 10.2 Å². The maximum absolute atomic E-state index is 13.3. The molecule has 4 aromatic rings. The first-order chi connectivity index (χ1) is 13.0. The Hall–Kier alpha value is -3.75. The number of hydrogen-bond acceptors (Lipinski definition) is 6. The monoisotopic (exact) mass is 367 g/mol. The van der Waals surface area contributed by atoms with Gasteiger partial charge in [-0.05, 0) is 30.7 Å². The molecule has 0 fully saturated rings. The SMILES string of the molecule is Nc1cc([N+](=O)[O-])c2c(CCn3cncn3)c(-c3ccc(F)cc3)oc2c1. The molecule has 2 aromatic carbocycles. The molecule has 0 aliphatic heterocycles. The summed E-state index contributed by atoms with van der Waals surface area (Å²) in [5.74, 6) is 0.0630. The van der Waals surface area contributed by atoms with E-state index in [1.807, 2.05) is 0 Å². The van der Waals surface area contributed by atoms with Crippen molar-refractivity contribution in [3.05, 3.63) is 70.5 Å². The Bertz CT molecular complexity index is 1120. The Morgan fingerprint density at radius 2 is 2.04 bits per heavy atom. The Balaban J connectivity index is 1.92. The van der Waals surface area contributed by atoms with Crippen LogP contribution in [0.3, 0.4) is 0 Å². The second-order valence-electron chi connectivity index (χ2n) is 6.00. The summed E-state index contributed by atoms with van der Waals surface area (Å²) in [7, 11) is 0. The molecule has 2 N–H and O–H groups in total. The molecule has 0 spiro atoms. The highest BCUT2D eigenvalue weighted by Crippen LogP contribution is 2.40. The van der Waals surface area contributed by atoms with Gasteiger partial charge >= 0.3 is 0 Å². The van der Waals surface area contributed by atoms with Gasteiger partial charge in [0.2, 0.25) is 0 Å². The number of non-ortho nitro benzene ring substituents is 1. The lowest BCUT2D eigenvalue weighted by Crippen LogP contribution is -2.03. The average molecular weight is 367 g/mol. The van der Waals surface area contributed by atoms with Gasteiger partial charge in [-0.1, -0.05) is 0 Å². The molecule has 0 amide bonds. The topological polar surface area (TPSA) is 113 Å². The Labute approximate surface area is 152 Å². The first-order valence-electron chi connectivity index (χ1n) is 8.10. The molecule has 9 heteroatoms. The number of nitro benzene ring substituents is 1. The van der Waals surface area contributed by atoms with Gasteiger partial charge in [-0.25, -0.2) is 9.37 Å². The zero-order valence-corrected chi connectivity index (χ0v) is 14.0. The van der Waals surface area contributed by atoms with Gasteiger partial charge in [-0.15, -0.1) is 0 Å². The summed E-state index contributed by atoms with van der Waals surface area (Å²) in [6, 6.07) is 8.63. The summed E-state index contributed by atoms with van der Waals surface area (Å²) in [6.07, 6.45) is 3.39. The minimum Gasteiger partial charge on any atom is -0.455 e. The number of hydrogen-bond donors (Lipinski definition) is 1. The number of aryl methyl sites for hydroxylation is 2. The predicted octanol–water partition coefficient (Wildman–Crippen LogP) is 3.56. The van der Waals surface area contributed by atoms with Crippen LogP contribution in [-0.2, 0) is 13.0 Å². The lowest BCUT2D eigenvalue weighted by molar-refractivity contribution is -0.383. The van der Waals surface area contributed by atoms with Crippen LogP contribution in [0.5, 0.6) is 0 Å². The summed E-state index contributed by atoms with van der Waals surface area (Å²) in [4.78, 5) is 15.0. The second-order valence-corrected chi connectivity index (χ2v) is 6.00. The largest absolute Gasteiger partial charge is 0.455 e. The van der Waals surface area contributed by atoms with E-state index in [2.05, 4.69) is 10.1 Å². The zero-order valence-electron chi connectivity index (χ0n) is 14.0. The van der Waals surface area contributed by atoms with Crippen LogP contribution in [-0.4, -0.2) is 19.7 Å². The number of nitrogens with two attached hydrogens (primary N) is 1. The van der Waals surface area contributed by atoms with E-state index in [1.54, 1.807) is 29.2 Å². The maximum Gasteiger partial charge on any atom is 0.282 e. The maximum atomic E-state index is 13.3. The fraction of sp³-hybridized carbons (Fsp3) is 0.111. The molecule has 0 aliphatic carbocycles. The third-order valence-electron chi connectivity index (χ3n) is 4.25. The highest BCUT2D eigenvalue weighted by Gasteiger charge is 2.24. The first kappa shape index (κ1) is 16.7. The van der Waals surface area contributed by atoms with Gasteiger partial charge in [0, 0.05) is 35.5 Å². The molecule has 0 bridgehead atoms. The van der Waals surface area contributed by atoms with E-state index in [0.717, 1.165) is 0 Å². The van der Waals surface area contributed by atoms with Crippen LogP contribution in [0.2, 0.25) is 0 Å². The van der Waals surface area contributed by atoms with Crippen LogP contribution < -0.4 is 5.73 Å². The summed E-state index contributed by atoms with van der Waals surface area (Å²) in [5.41, 5.74) is 7.47. The fourth-order valence-corrected chi connectivity index (χ4v) is 3.08. The zero-order chi connectivity index (χ0) is 19.0. The molecule has 8 nitrogen and oxygen atoms in total. The normalized spacial score (nSPS) is 11.1. The molecule has 0 saturated heterocycles. The summed E-state index contributed by atoms with van der Waals surface area (Å²) < 4.78 is 20.8. The first-order valence-corrected chi connectivity index (χ1v) is 8.10. The predicted molar refractivity (Wildman–Crippen MR) is 96.4 cm³/mol. The molecule has 27 heavy (non-hydrogen) atoms. The molecule has 0 aliphatic rings. The van der Waals surface area contributed by atoms with Gasteiger partial charge in [0.05, 0.1) is 4.92 Å². The smallest absolute Gasteiger partial charge is 0.282 e. The fourth-order valence-electron chi connectivity index (χ4n) is 3.08. The molecule has 2 aromatic heterocycles. The number of furan rings is 1. The van der Waals surface area contributed by atoms with Gasteiger partial charge in [-0.3, -0.25) is 14.8 Å². The molecule has 0 atom stereocenters. The summed E-state index contributed by atoms with van der Waals surface area (Å²) in [5, 5.41) is 16.0. The molecule has 136 valence electrons. The van der Waals surface area contributed by atoms with Gasteiger partial charge in [0.1, 0.15) is 35.2 Å². The molecule has 4 rings (SSSR count). The van der Waals surface area contributed by atoms with Crippen LogP contribution in [0.1, 0.15) is 5.56 Å². The second kappa shape index (κ2) is 6.52. The highest BCUT2D eigenvalue weighted by atomic mass is 19.1. The van der Waals surface area contributed by atoms with Crippen molar-refractivity contribution in [3.63, 3.8) is 0 Å². The van der Waals surface area contributed by atoms with Crippen LogP contribution in [0.15, 0.2) is 53.5 Å². The third kappa shape index (κ3) is 3.10. The molecular weight excluding hydrogens is 353 g/mol. The van der Waals surface area contributed by atoms with Gasteiger partial charge in [0.25, 0.3) is 5.69 Å². The molecule has 2 heterocycles.